The summed E-state index contributed by atoms with van der Waals surface area (Å²) in [5.41, 5.74) is -0.299. The molecular formula is C46H58F2O8S2. The number of aliphatic hydroxyl groups is 2. The maximum Gasteiger partial charge on any atom is 0.179 e. The number of fused-ring (bicyclic) bond motifs is 2. The highest BCUT2D eigenvalue weighted by Crippen LogP contribution is 2.51. The van der Waals surface area contributed by atoms with Crippen molar-refractivity contribution in [2.75, 3.05) is 25.7 Å². The molecule has 12 heteroatoms. The van der Waals surface area contributed by atoms with Crippen LogP contribution >= 0.6 is 0 Å². The molecule has 0 radical (unpaired) electrons. The molecule has 2 heterocycles. The number of halogens is 2. The van der Waals surface area contributed by atoms with Gasteiger partial charge < -0.3 is 19.7 Å². The average Bonchev–Trinajstić information content (AvgIpc) is 3.34. The van der Waals surface area contributed by atoms with Crippen LogP contribution in [0.15, 0.2) is 94.7 Å². The van der Waals surface area contributed by atoms with Crippen molar-refractivity contribution in [1.29, 1.82) is 0 Å². The van der Waals surface area contributed by atoms with Crippen LogP contribution in [0.2, 0.25) is 0 Å². The summed E-state index contributed by atoms with van der Waals surface area (Å²) in [6.07, 6.45) is 3.39. The molecule has 0 aromatic heterocycles. The van der Waals surface area contributed by atoms with Crippen LogP contribution in [0.3, 0.4) is 0 Å². The van der Waals surface area contributed by atoms with Gasteiger partial charge in [-0.1, -0.05) is 89.8 Å². The monoisotopic (exact) mass is 840 g/mol. The molecule has 0 aliphatic carbocycles. The van der Waals surface area contributed by atoms with E-state index in [1.165, 1.54) is 38.5 Å². The number of sulfone groups is 2. The second kappa shape index (κ2) is 18.6. The van der Waals surface area contributed by atoms with Crippen molar-refractivity contribution in [2.24, 2.45) is 10.8 Å². The predicted molar refractivity (Wildman–Crippen MR) is 223 cm³/mol. The van der Waals surface area contributed by atoms with Crippen molar-refractivity contribution < 1.29 is 45.3 Å². The zero-order valence-corrected chi connectivity index (χ0v) is 36.0. The first-order valence-electron chi connectivity index (χ1n) is 20.3. The molecule has 4 aromatic rings. The topological polar surface area (TPSA) is 127 Å². The minimum atomic E-state index is -3.68. The summed E-state index contributed by atoms with van der Waals surface area (Å²) in [5.74, 6) is -1.85. The molecule has 0 spiro atoms. The van der Waals surface area contributed by atoms with Crippen LogP contribution in [-0.2, 0) is 19.7 Å². The van der Waals surface area contributed by atoms with E-state index in [9.17, 15) is 35.8 Å². The van der Waals surface area contributed by atoms with Crippen molar-refractivity contribution in [2.45, 2.75) is 113 Å². The van der Waals surface area contributed by atoms with Crippen molar-refractivity contribution in [3.8, 4) is 11.5 Å². The number of hydrogen-bond donors (Lipinski definition) is 2. The molecule has 0 saturated heterocycles. The van der Waals surface area contributed by atoms with Crippen LogP contribution in [0, 0.1) is 22.5 Å². The minimum Gasteiger partial charge on any atom is -0.497 e. The fourth-order valence-electron chi connectivity index (χ4n) is 9.09. The van der Waals surface area contributed by atoms with E-state index in [0.717, 1.165) is 25.7 Å². The van der Waals surface area contributed by atoms with Crippen LogP contribution in [-0.4, -0.2) is 65.0 Å². The first kappa shape index (κ1) is 45.2. The quantitative estimate of drug-likeness (QED) is 0.145. The van der Waals surface area contributed by atoms with Crippen molar-refractivity contribution in [3.05, 3.63) is 119 Å². The lowest BCUT2D eigenvalue weighted by atomic mass is 9.69. The number of hydrogen-bond acceptors (Lipinski definition) is 8. The van der Waals surface area contributed by atoms with Crippen molar-refractivity contribution in [1.82, 2.24) is 0 Å². The molecule has 8 nitrogen and oxygen atoms in total. The van der Waals surface area contributed by atoms with Crippen molar-refractivity contribution >= 4 is 19.7 Å². The predicted octanol–water partition coefficient (Wildman–Crippen LogP) is 9.40. The van der Waals surface area contributed by atoms with Crippen molar-refractivity contribution in [3.63, 3.8) is 0 Å². The Kier molecular flexibility index (Phi) is 14.5. The fraction of sp³-hybridized carbons (Fsp3) is 0.478. The summed E-state index contributed by atoms with van der Waals surface area (Å²) >= 11 is 0. The first-order chi connectivity index (χ1) is 27.6. The lowest BCUT2D eigenvalue weighted by molar-refractivity contribution is 0.0166. The van der Waals surface area contributed by atoms with Gasteiger partial charge >= 0.3 is 0 Å². The molecule has 2 unspecified atom stereocenters. The molecule has 2 aliphatic rings. The molecule has 0 fully saturated rings. The minimum absolute atomic E-state index is 0.150. The highest BCUT2D eigenvalue weighted by atomic mass is 32.2. The van der Waals surface area contributed by atoms with E-state index in [1.54, 1.807) is 60.7 Å². The zero-order valence-electron chi connectivity index (χ0n) is 34.4. The standard InChI is InChI=1S/2C23H29FO4S/c2*1-4-6-13-23(5-2)15-29(26,27)20-12-11-16(28-3)14-18(20)21(22(23)25)17-9-7-8-10-19(17)24/h2*7-12,14,21-22,25H,4-6,13,15H2,1-3H3/t21-,22?,23+;21-,22?,23-/m01/s1. The molecule has 0 bridgehead atoms. The van der Waals surface area contributed by atoms with Gasteiger partial charge in [-0.2, -0.15) is 0 Å². The van der Waals surface area contributed by atoms with Crippen LogP contribution in [0.5, 0.6) is 11.5 Å². The van der Waals surface area contributed by atoms with Gasteiger partial charge in [0.05, 0.1) is 47.7 Å². The van der Waals surface area contributed by atoms with Gasteiger partial charge in [0.2, 0.25) is 0 Å². The third kappa shape index (κ3) is 8.86. The average molecular weight is 841 g/mol. The fourth-order valence-corrected chi connectivity index (χ4v) is 13.6. The Labute approximate surface area is 343 Å². The molecule has 6 atom stereocenters. The van der Waals surface area contributed by atoms with Crippen LogP contribution < -0.4 is 9.47 Å². The molecule has 4 aromatic carbocycles. The molecule has 58 heavy (non-hydrogen) atoms. The van der Waals surface area contributed by atoms with Gasteiger partial charge in [0, 0.05) is 22.7 Å². The number of benzene rings is 4. The number of rotatable bonds is 12. The second-order valence-corrected chi connectivity index (χ2v) is 19.8. The molecule has 0 saturated carbocycles. The Morgan fingerprint density at radius 1 is 0.586 bits per heavy atom. The summed E-state index contributed by atoms with van der Waals surface area (Å²) in [6, 6.07) is 22.1. The summed E-state index contributed by atoms with van der Waals surface area (Å²) in [7, 11) is -4.36. The summed E-state index contributed by atoms with van der Waals surface area (Å²) in [4.78, 5) is 0.301. The van der Waals surface area contributed by atoms with E-state index >= 15 is 0 Å². The normalized spacial score (nSPS) is 25.8. The number of ether oxygens (including phenoxy) is 2. The maximum absolute atomic E-state index is 14.9. The van der Waals surface area contributed by atoms with Gasteiger partial charge in [0.15, 0.2) is 19.7 Å². The van der Waals surface area contributed by atoms with E-state index in [-0.39, 0.29) is 21.3 Å². The lowest BCUT2D eigenvalue weighted by Crippen LogP contribution is -2.42. The zero-order chi connectivity index (χ0) is 42.5. The van der Waals surface area contributed by atoms with Crippen LogP contribution in [0.1, 0.15) is 113 Å². The Balaban J connectivity index is 0.000000221. The van der Waals surface area contributed by atoms with E-state index < -0.39 is 66.2 Å². The van der Waals surface area contributed by atoms with Crippen LogP contribution in [0.25, 0.3) is 0 Å². The van der Waals surface area contributed by atoms with E-state index in [2.05, 4.69) is 0 Å². The Bertz CT molecular complexity index is 2100. The number of aliphatic hydroxyl groups excluding tert-OH is 2. The largest absolute Gasteiger partial charge is 0.497 e. The first-order valence-corrected chi connectivity index (χ1v) is 23.6. The van der Waals surface area contributed by atoms with E-state index in [4.69, 9.17) is 9.47 Å². The third-order valence-corrected chi connectivity index (χ3v) is 16.6. The molecule has 6 rings (SSSR count). The maximum atomic E-state index is 14.9. The highest BCUT2D eigenvalue weighted by Gasteiger charge is 2.51. The highest BCUT2D eigenvalue weighted by molar-refractivity contribution is 7.91. The number of unbranched alkanes of at least 4 members (excludes halogenated alkanes) is 2. The van der Waals surface area contributed by atoms with Gasteiger partial charge in [-0.15, -0.1) is 0 Å². The number of methoxy groups -OCH3 is 2. The van der Waals surface area contributed by atoms with Gasteiger partial charge in [-0.05, 0) is 96.5 Å². The molecule has 2 aliphatic heterocycles. The molecule has 0 amide bonds. The van der Waals surface area contributed by atoms with Gasteiger partial charge in [0.25, 0.3) is 0 Å². The van der Waals surface area contributed by atoms with E-state index in [0.29, 0.717) is 59.4 Å². The Hall–Kier alpha value is -3.84. The van der Waals surface area contributed by atoms with Gasteiger partial charge in [0.1, 0.15) is 23.1 Å². The Morgan fingerprint density at radius 2 is 0.948 bits per heavy atom. The summed E-state index contributed by atoms with van der Waals surface area (Å²) < 4.78 is 93.9. The Morgan fingerprint density at radius 3 is 1.26 bits per heavy atom. The lowest BCUT2D eigenvalue weighted by Gasteiger charge is -2.39. The SMILES string of the molecule is CCCC[C@]1(CC)CS(=O)(=O)c2ccc(OC)cc2[C@@H](c2ccccc2F)C1O.CCCC[C@]1(CC)CS(=O)(=O)c2ccc(OC)cc2[C@H](c2ccccc2F)C1O. The summed E-state index contributed by atoms with van der Waals surface area (Å²) in [5, 5.41) is 23.3. The van der Waals surface area contributed by atoms with Gasteiger partial charge in [-0.25, -0.2) is 25.6 Å². The summed E-state index contributed by atoms with van der Waals surface area (Å²) in [6.45, 7) is 7.89. The van der Waals surface area contributed by atoms with E-state index in [1.807, 2.05) is 27.7 Å². The molecule has 316 valence electrons. The smallest absolute Gasteiger partial charge is 0.179 e. The van der Waals surface area contributed by atoms with Crippen LogP contribution in [0.4, 0.5) is 8.78 Å². The second-order valence-electron chi connectivity index (χ2n) is 15.9. The third-order valence-electron chi connectivity index (χ3n) is 12.6. The molecular weight excluding hydrogens is 783 g/mol. The van der Waals surface area contributed by atoms with Gasteiger partial charge in [-0.3, -0.25) is 0 Å². The molecule has 2 N–H and O–H groups in total.